The van der Waals surface area contributed by atoms with E-state index >= 15 is 0 Å². The van der Waals surface area contributed by atoms with Crippen LogP contribution in [0.4, 0.5) is 0 Å². The average Bonchev–Trinajstić information content (AvgIpc) is 2.33. The molecule has 2 rings (SSSR count). The Bertz CT molecular complexity index is 333. The van der Waals surface area contributed by atoms with Crippen molar-refractivity contribution in [3.63, 3.8) is 0 Å². The standard InChI is InChI=1S/C14H20ClNS/c1-11(16-14-3-2-8-17-10-14)9-12-4-6-13(15)7-5-12/h4-7,11,14,16H,2-3,8-10H2,1H3. The Morgan fingerprint density at radius 1 is 1.41 bits per heavy atom. The first kappa shape index (κ1) is 13.3. The fourth-order valence-corrected chi connectivity index (χ4v) is 3.52. The molecule has 1 nitrogen and oxygen atoms in total. The lowest BCUT2D eigenvalue weighted by atomic mass is 10.1. The van der Waals surface area contributed by atoms with Crippen LogP contribution in [0, 0.1) is 0 Å². The number of thioether (sulfide) groups is 1. The zero-order valence-corrected chi connectivity index (χ0v) is 11.9. The van der Waals surface area contributed by atoms with Crippen molar-refractivity contribution in [2.24, 2.45) is 0 Å². The summed E-state index contributed by atoms with van der Waals surface area (Å²) >= 11 is 7.96. The van der Waals surface area contributed by atoms with E-state index in [1.54, 1.807) is 0 Å². The van der Waals surface area contributed by atoms with E-state index in [2.05, 4.69) is 36.1 Å². The second-order valence-electron chi connectivity index (χ2n) is 4.81. The number of nitrogens with one attached hydrogen (secondary N) is 1. The molecule has 0 bridgehead atoms. The van der Waals surface area contributed by atoms with Gasteiger partial charge in [-0.05, 0) is 49.6 Å². The van der Waals surface area contributed by atoms with Crippen molar-refractivity contribution in [3.05, 3.63) is 34.9 Å². The normalized spacial score (nSPS) is 22.4. The SMILES string of the molecule is CC(Cc1ccc(Cl)cc1)NC1CCCSC1. The molecule has 1 saturated heterocycles. The number of hydrogen-bond acceptors (Lipinski definition) is 2. The predicted octanol–water partition coefficient (Wildman–Crippen LogP) is 3.76. The van der Waals surface area contributed by atoms with Crippen LogP contribution >= 0.6 is 23.4 Å². The Morgan fingerprint density at radius 3 is 2.82 bits per heavy atom. The topological polar surface area (TPSA) is 12.0 Å². The van der Waals surface area contributed by atoms with E-state index in [0.29, 0.717) is 12.1 Å². The molecule has 0 radical (unpaired) electrons. The van der Waals surface area contributed by atoms with Crippen LogP contribution in [0.15, 0.2) is 24.3 Å². The zero-order valence-electron chi connectivity index (χ0n) is 10.3. The van der Waals surface area contributed by atoms with Crippen molar-refractivity contribution < 1.29 is 0 Å². The predicted molar refractivity (Wildman–Crippen MR) is 78.1 cm³/mol. The molecular weight excluding hydrogens is 250 g/mol. The van der Waals surface area contributed by atoms with Crippen LogP contribution in [-0.4, -0.2) is 23.6 Å². The first-order valence-corrected chi connectivity index (χ1v) is 7.85. The summed E-state index contributed by atoms with van der Waals surface area (Å²) in [6, 6.07) is 9.43. The van der Waals surface area contributed by atoms with Crippen LogP contribution in [0.5, 0.6) is 0 Å². The summed E-state index contributed by atoms with van der Waals surface area (Å²) in [5.41, 5.74) is 1.36. The molecule has 1 aromatic rings. The summed E-state index contributed by atoms with van der Waals surface area (Å²) < 4.78 is 0. The minimum atomic E-state index is 0.542. The fraction of sp³-hybridized carbons (Fsp3) is 0.571. The van der Waals surface area contributed by atoms with Crippen LogP contribution < -0.4 is 5.32 Å². The van der Waals surface area contributed by atoms with Crippen molar-refractivity contribution in [1.82, 2.24) is 5.32 Å². The number of halogens is 1. The maximum Gasteiger partial charge on any atom is 0.0406 e. The van der Waals surface area contributed by atoms with Gasteiger partial charge in [-0.3, -0.25) is 0 Å². The second-order valence-corrected chi connectivity index (χ2v) is 6.40. The van der Waals surface area contributed by atoms with Crippen LogP contribution in [-0.2, 0) is 6.42 Å². The monoisotopic (exact) mass is 269 g/mol. The van der Waals surface area contributed by atoms with Crippen molar-refractivity contribution >= 4 is 23.4 Å². The lowest BCUT2D eigenvalue weighted by molar-refractivity contribution is 0.441. The van der Waals surface area contributed by atoms with Gasteiger partial charge in [0, 0.05) is 22.9 Å². The van der Waals surface area contributed by atoms with E-state index in [0.717, 1.165) is 11.4 Å². The van der Waals surface area contributed by atoms with E-state index in [4.69, 9.17) is 11.6 Å². The summed E-state index contributed by atoms with van der Waals surface area (Å²) in [5, 5.41) is 4.55. The van der Waals surface area contributed by atoms with Crippen molar-refractivity contribution in [2.75, 3.05) is 11.5 Å². The highest BCUT2D eigenvalue weighted by atomic mass is 35.5. The van der Waals surface area contributed by atoms with Crippen LogP contribution in [0.2, 0.25) is 5.02 Å². The first-order chi connectivity index (χ1) is 8.24. The molecule has 3 heteroatoms. The van der Waals surface area contributed by atoms with Crippen molar-refractivity contribution in [1.29, 1.82) is 0 Å². The molecule has 0 spiro atoms. The highest BCUT2D eigenvalue weighted by Crippen LogP contribution is 2.18. The molecule has 17 heavy (non-hydrogen) atoms. The van der Waals surface area contributed by atoms with Gasteiger partial charge < -0.3 is 5.32 Å². The smallest absolute Gasteiger partial charge is 0.0406 e. The van der Waals surface area contributed by atoms with Crippen molar-refractivity contribution in [2.45, 2.75) is 38.3 Å². The molecule has 1 aliphatic rings. The quantitative estimate of drug-likeness (QED) is 0.893. The summed E-state index contributed by atoms with van der Waals surface area (Å²) in [4.78, 5) is 0. The summed E-state index contributed by atoms with van der Waals surface area (Å²) in [5.74, 6) is 2.61. The Morgan fingerprint density at radius 2 is 2.18 bits per heavy atom. The van der Waals surface area contributed by atoms with Gasteiger partial charge in [0.25, 0.3) is 0 Å². The molecule has 2 atom stereocenters. The first-order valence-electron chi connectivity index (χ1n) is 6.32. The fourth-order valence-electron chi connectivity index (χ4n) is 2.31. The maximum absolute atomic E-state index is 5.89. The van der Waals surface area contributed by atoms with Gasteiger partial charge in [0.15, 0.2) is 0 Å². The molecular formula is C14H20ClNS. The molecule has 1 aliphatic heterocycles. The molecule has 2 unspecified atom stereocenters. The molecule has 1 fully saturated rings. The van der Waals surface area contributed by atoms with E-state index in [9.17, 15) is 0 Å². The minimum Gasteiger partial charge on any atom is -0.310 e. The van der Waals surface area contributed by atoms with Crippen LogP contribution in [0.1, 0.15) is 25.3 Å². The minimum absolute atomic E-state index is 0.542. The lowest BCUT2D eigenvalue weighted by Crippen LogP contribution is -2.40. The zero-order chi connectivity index (χ0) is 12.1. The third kappa shape index (κ3) is 4.53. The Kier molecular flexibility index (Phi) is 5.20. The van der Waals surface area contributed by atoms with Crippen LogP contribution in [0.3, 0.4) is 0 Å². The Labute approximate surface area is 113 Å². The van der Waals surface area contributed by atoms with Gasteiger partial charge in [-0.15, -0.1) is 0 Å². The van der Waals surface area contributed by atoms with Gasteiger partial charge in [-0.2, -0.15) is 11.8 Å². The van der Waals surface area contributed by atoms with Gasteiger partial charge in [-0.1, -0.05) is 23.7 Å². The molecule has 1 heterocycles. The summed E-state index contributed by atoms with van der Waals surface area (Å²) in [6.45, 7) is 2.27. The largest absolute Gasteiger partial charge is 0.310 e. The number of benzene rings is 1. The molecule has 0 saturated carbocycles. The number of rotatable bonds is 4. The molecule has 1 aromatic carbocycles. The maximum atomic E-state index is 5.89. The molecule has 1 N–H and O–H groups in total. The summed E-state index contributed by atoms with van der Waals surface area (Å²) in [7, 11) is 0. The van der Waals surface area contributed by atoms with Gasteiger partial charge >= 0.3 is 0 Å². The average molecular weight is 270 g/mol. The van der Waals surface area contributed by atoms with Crippen LogP contribution in [0.25, 0.3) is 0 Å². The Balaban J connectivity index is 1.79. The lowest BCUT2D eigenvalue weighted by Gasteiger charge is -2.26. The van der Waals surface area contributed by atoms with E-state index in [1.807, 2.05) is 12.1 Å². The number of hydrogen-bond donors (Lipinski definition) is 1. The second kappa shape index (κ2) is 6.67. The molecule has 0 aromatic heterocycles. The van der Waals surface area contributed by atoms with Crippen molar-refractivity contribution in [3.8, 4) is 0 Å². The van der Waals surface area contributed by atoms with E-state index < -0.39 is 0 Å². The van der Waals surface area contributed by atoms with Gasteiger partial charge in [0.2, 0.25) is 0 Å². The molecule has 0 amide bonds. The Hall–Kier alpha value is -0.180. The van der Waals surface area contributed by atoms with E-state index in [1.165, 1.54) is 29.9 Å². The third-order valence-corrected chi connectivity index (χ3v) is 4.60. The summed E-state index contributed by atoms with van der Waals surface area (Å²) in [6.07, 6.45) is 3.77. The highest BCUT2D eigenvalue weighted by molar-refractivity contribution is 7.99. The van der Waals surface area contributed by atoms with Gasteiger partial charge in [0.1, 0.15) is 0 Å². The van der Waals surface area contributed by atoms with E-state index in [-0.39, 0.29) is 0 Å². The third-order valence-electron chi connectivity index (χ3n) is 3.14. The van der Waals surface area contributed by atoms with Gasteiger partial charge in [0.05, 0.1) is 0 Å². The molecule has 94 valence electrons. The highest BCUT2D eigenvalue weighted by Gasteiger charge is 2.15. The molecule has 0 aliphatic carbocycles. The van der Waals surface area contributed by atoms with Gasteiger partial charge in [-0.25, -0.2) is 0 Å².